The van der Waals surface area contributed by atoms with Gasteiger partial charge in [0.15, 0.2) is 15.0 Å². The molecule has 1 N–H and O–H groups in total. The summed E-state index contributed by atoms with van der Waals surface area (Å²) < 4.78 is 23.8. The molecule has 0 spiro atoms. The number of anilines is 1. The van der Waals surface area contributed by atoms with Gasteiger partial charge in [0.05, 0.1) is 16.3 Å². The Morgan fingerprint density at radius 1 is 1.07 bits per heavy atom. The van der Waals surface area contributed by atoms with Crippen LogP contribution in [0.4, 0.5) is 5.13 Å². The molecule has 4 rings (SSSR count). The Bertz CT molecular complexity index is 1150. The molecule has 29 heavy (non-hydrogen) atoms. The summed E-state index contributed by atoms with van der Waals surface area (Å²) in [6, 6.07) is 12.5. The van der Waals surface area contributed by atoms with Gasteiger partial charge < -0.3 is 0 Å². The third-order valence-electron chi connectivity index (χ3n) is 5.22. The zero-order chi connectivity index (χ0) is 20.4. The van der Waals surface area contributed by atoms with Crippen LogP contribution < -0.4 is 5.32 Å². The molecule has 1 aliphatic rings. The van der Waals surface area contributed by atoms with Gasteiger partial charge in [0.1, 0.15) is 0 Å². The number of amides is 1. The average Bonchev–Trinajstić information content (AvgIpc) is 3.22. The molecule has 5 nitrogen and oxygen atoms in total. The minimum absolute atomic E-state index is 0.0309. The van der Waals surface area contributed by atoms with Gasteiger partial charge in [0, 0.05) is 16.5 Å². The van der Waals surface area contributed by atoms with E-state index < -0.39 is 9.84 Å². The third-order valence-corrected chi connectivity index (χ3v) is 7.73. The predicted octanol–water partition coefficient (Wildman–Crippen LogP) is 4.73. The molecule has 0 radical (unpaired) electrons. The normalized spacial score (nSPS) is 13.7. The van der Waals surface area contributed by atoms with Gasteiger partial charge in [-0.15, -0.1) is 11.3 Å². The summed E-state index contributed by atoms with van der Waals surface area (Å²) in [5.41, 5.74) is 5.14. The number of rotatable bonds is 5. The smallest absolute Gasteiger partial charge is 0.257 e. The van der Waals surface area contributed by atoms with Crippen LogP contribution >= 0.6 is 11.3 Å². The zero-order valence-electron chi connectivity index (χ0n) is 16.1. The average molecular weight is 427 g/mol. The summed E-state index contributed by atoms with van der Waals surface area (Å²) in [4.78, 5) is 17.3. The van der Waals surface area contributed by atoms with Crippen LogP contribution in [0.15, 0.2) is 52.7 Å². The van der Waals surface area contributed by atoms with Gasteiger partial charge in [-0.25, -0.2) is 13.4 Å². The van der Waals surface area contributed by atoms with E-state index in [4.69, 9.17) is 0 Å². The van der Waals surface area contributed by atoms with Crippen LogP contribution in [-0.4, -0.2) is 25.1 Å². The molecule has 0 saturated carbocycles. The van der Waals surface area contributed by atoms with E-state index in [0.29, 0.717) is 10.7 Å². The maximum absolute atomic E-state index is 12.5. The van der Waals surface area contributed by atoms with Crippen LogP contribution in [0.5, 0.6) is 0 Å². The van der Waals surface area contributed by atoms with Crippen molar-refractivity contribution < 1.29 is 13.2 Å². The third kappa shape index (κ3) is 4.26. The first kappa shape index (κ1) is 19.8. The second-order valence-corrected chi connectivity index (χ2v) is 10.2. The number of carbonyl (C=O) groups is 1. The standard InChI is InChI=1S/C22H22N2O3S2/c1-2-29(26,27)19-11-9-16(10-12-19)21(25)24-22-23-20(14-28-22)18-8-7-15-5-3-4-6-17(15)13-18/h7-14H,2-6H2,1H3,(H,23,24,25). The van der Waals surface area contributed by atoms with Gasteiger partial charge in [-0.2, -0.15) is 0 Å². The lowest BCUT2D eigenvalue weighted by Crippen LogP contribution is -2.12. The minimum Gasteiger partial charge on any atom is -0.298 e. The highest BCUT2D eigenvalue weighted by atomic mass is 32.2. The van der Waals surface area contributed by atoms with Crippen molar-refractivity contribution in [3.8, 4) is 11.3 Å². The van der Waals surface area contributed by atoms with E-state index in [1.807, 2.05) is 5.38 Å². The van der Waals surface area contributed by atoms with Gasteiger partial charge in [-0.3, -0.25) is 10.1 Å². The molecule has 0 saturated heterocycles. The van der Waals surface area contributed by atoms with E-state index in [-0.39, 0.29) is 16.6 Å². The van der Waals surface area contributed by atoms with E-state index >= 15 is 0 Å². The number of sulfone groups is 1. The fraction of sp³-hybridized carbons (Fsp3) is 0.273. The number of nitrogens with one attached hydrogen (secondary N) is 1. The Hall–Kier alpha value is -2.51. The Balaban J connectivity index is 1.48. The van der Waals surface area contributed by atoms with Crippen molar-refractivity contribution in [2.45, 2.75) is 37.5 Å². The second-order valence-electron chi connectivity index (χ2n) is 7.11. The first-order valence-electron chi connectivity index (χ1n) is 9.68. The lowest BCUT2D eigenvalue weighted by Gasteiger charge is -2.16. The topological polar surface area (TPSA) is 76.1 Å². The largest absolute Gasteiger partial charge is 0.298 e. The van der Waals surface area contributed by atoms with Gasteiger partial charge in [-0.05, 0) is 67.1 Å². The maximum Gasteiger partial charge on any atom is 0.257 e. The van der Waals surface area contributed by atoms with Crippen LogP contribution in [0.25, 0.3) is 11.3 Å². The number of thiazole rings is 1. The Kier molecular flexibility index (Phi) is 5.52. The molecule has 0 unspecified atom stereocenters. The van der Waals surface area contributed by atoms with E-state index in [0.717, 1.165) is 24.1 Å². The van der Waals surface area contributed by atoms with Crippen LogP contribution in [-0.2, 0) is 22.7 Å². The van der Waals surface area contributed by atoms with E-state index in [9.17, 15) is 13.2 Å². The lowest BCUT2D eigenvalue weighted by molar-refractivity contribution is 0.102. The first-order valence-corrected chi connectivity index (χ1v) is 12.2. The second kappa shape index (κ2) is 8.08. The number of nitrogens with zero attached hydrogens (tertiary/aromatic N) is 1. The molecule has 3 aromatic rings. The van der Waals surface area contributed by atoms with Gasteiger partial charge in [-0.1, -0.05) is 19.1 Å². The van der Waals surface area contributed by atoms with Gasteiger partial charge in [0.25, 0.3) is 5.91 Å². The number of aryl methyl sites for hydroxylation is 2. The monoisotopic (exact) mass is 426 g/mol. The number of fused-ring (bicyclic) bond motifs is 1. The highest BCUT2D eigenvalue weighted by Crippen LogP contribution is 2.29. The molecular weight excluding hydrogens is 404 g/mol. The number of hydrogen-bond donors (Lipinski definition) is 1. The molecule has 0 fully saturated rings. The molecule has 1 aromatic heterocycles. The van der Waals surface area contributed by atoms with Gasteiger partial charge in [0.2, 0.25) is 0 Å². The van der Waals surface area contributed by atoms with Crippen molar-refractivity contribution in [2.24, 2.45) is 0 Å². The van der Waals surface area contributed by atoms with Crippen LogP contribution in [0.1, 0.15) is 41.3 Å². The van der Waals surface area contributed by atoms with Crippen molar-refractivity contribution in [3.63, 3.8) is 0 Å². The van der Waals surface area contributed by atoms with Crippen LogP contribution in [0.3, 0.4) is 0 Å². The number of hydrogen-bond acceptors (Lipinski definition) is 5. The molecule has 150 valence electrons. The number of benzene rings is 2. The highest BCUT2D eigenvalue weighted by Gasteiger charge is 2.15. The summed E-state index contributed by atoms with van der Waals surface area (Å²) in [5, 5.41) is 5.26. The fourth-order valence-corrected chi connectivity index (χ4v) is 5.10. The molecule has 0 atom stereocenters. The highest BCUT2D eigenvalue weighted by molar-refractivity contribution is 7.91. The summed E-state index contributed by atoms with van der Waals surface area (Å²) in [7, 11) is -3.28. The Labute approximate surface area is 174 Å². The van der Waals surface area contributed by atoms with Crippen LogP contribution in [0.2, 0.25) is 0 Å². The van der Waals surface area contributed by atoms with Crippen molar-refractivity contribution in [1.82, 2.24) is 4.98 Å². The predicted molar refractivity (Wildman–Crippen MR) is 116 cm³/mol. The zero-order valence-corrected chi connectivity index (χ0v) is 17.8. The molecule has 1 aliphatic carbocycles. The van der Waals surface area contributed by atoms with Crippen molar-refractivity contribution >= 4 is 32.2 Å². The molecule has 7 heteroatoms. The Morgan fingerprint density at radius 3 is 2.52 bits per heavy atom. The van der Waals surface area contributed by atoms with E-state index in [1.54, 1.807) is 6.92 Å². The SMILES string of the molecule is CCS(=O)(=O)c1ccc(C(=O)Nc2nc(-c3ccc4c(c3)CCCC4)cs2)cc1. The van der Waals surface area contributed by atoms with E-state index in [1.165, 1.54) is 59.6 Å². The Morgan fingerprint density at radius 2 is 1.79 bits per heavy atom. The summed E-state index contributed by atoms with van der Waals surface area (Å²) in [5.74, 6) is -0.278. The van der Waals surface area contributed by atoms with E-state index in [2.05, 4.69) is 28.5 Å². The summed E-state index contributed by atoms with van der Waals surface area (Å²) >= 11 is 1.38. The molecule has 2 aromatic carbocycles. The minimum atomic E-state index is -3.28. The quantitative estimate of drug-likeness (QED) is 0.640. The molecule has 1 amide bonds. The maximum atomic E-state index is 12.5. The van der Waals surface area contributed by atoms with Crippen molar-refractivity contribution in [3.05, 3.63) is 64.5 Å². The first-order chi connectivity index (χ1) is 14.0. The lowest BCUT2D eigenvalue weighted by atomic mass is 9.90. The molecule has 0 aliphatic heterocycles. The fourth-order valence-electron chi connectivity index (χ4n) is 3.51. The summed E-state index contributed by atoms with van der Waals surface area (Å²) in [6.45, 7) is 1.60. The van der Waals surface area contributed by atoms with Crippen molar-refractivity contribution in [1.29, 1.82) is 0 Å². The summed E-state index contributed by atoms with van der Waals surface area (Å²) in [6.07, 6.45) is 4.74. The van der Waals surface area contributed by atoms with Crippen LogP contribution in [0, 0.1) is 0 Å². The molecule has 0 bridgehead atoms. The number of aromatic nitrogens is 1. The van der Waals surface area contributed by atoms with Gasteiger partial charge >= 0.3 is 0 Å². The molecule has 1 heterocycles. The molecular formula is C22H22N2O3S2. The number of carbonyl (C=O) groups excluding carboxylic acids is 1. The van der Waals surface area contributed by atoms with Crippen molar-refractivity contribution in [2.75, 3.05) is 11.1 Å².